The largest absolute Gasteiger partial charge is 0.435 e. The number of carbonyl (C=O) groups excluding carboxylic acids is 4. The van der Waals surface area contributed by atoms with E-state index in [1.54, 1.807) is 34.1 Å². The summed E-state index contributed by atoms with van der Waals surface area (Å²) < 4.78 is 0. The van der Waals surface area contributed by atoms with E-state index in [0.29, 0.717) is 62.0 Å². The van der Waals surface area contributed by atoms with Crippen molar-refractivity contribution in [3.63, 3.8) is 0 Å². The second-order valence-corrected chi connectivity index (χ2v) is 16.6. The van der Waals surface area contributed by atoms with Gasteiger partial charge >= 0.3 is 12.2 Å². The van der Waals surface area contributed by atoms with E-state index in [2.05, 4.69) is 39.6 Å². The first-order chi connectivity index (χ1) is 28.5. The fraction of sp³-hybridized carbons (Fsp3) is 0.375. The Hall–Kier alpha value is -6.10. The lowest BCUT2D eigenvalue weighted by Gasteiger charge is -2.30. The fourth-order valence-corrected chi connectivity index (χ4v) is 8.17. The molecule has 7 rings (SSSR count). The van der Waals surface area contributed by atoms with Crippen molar-refractivity contribution in [2.45, 2.75) is 78.1 Å². The molecule has 4 aromatic carbocycles. The molecule has 0 aliphatic carbocycles. The molecule has 2 amide bonds. The van der Waals surface area contributed by atoms with Crippen molar-refractivity contribution in [1.29, 1.82) is 0 Å². The summed E-state index contributed by atoms with van der Waals surface area (Å²) in [7, 11) is 0. The molecule has 0 spiro atoms. The minimum absolute atomic E-state index is 0.0798. The number of piperidine rings is 2. The van der Waals surface area contributed by atoms with Gasteiger partial charge in [0.25, 0.3) is 0 Å². The molecule has 0 atom stereocenters. The molecule has 2 aliphatic heterocycles. The molecule has 11 nitrogen and oxygen atoms in total. The number of hydrogen-bond donors (Lipinski definition) is 1. The Labute approximate surface area is 345 Å². The number of ketones is 2. The zero-order valence-corrected chi connectivity index (χ0v) is 34.4. The summed E-state index contributed by atoms with van der Waals surface area (Å²) >= 11 is 0. The predicted octanol–water partition coefficient (Wildman–Crippen LogP) is 10.5. The van der Waals surface area contributed by atoms with Gasteiger partial charge < -0.3 is 14.8 Å². The van der Waals surface area contributed by atoms with Crippen LogP contribution in [-0.4, -0.2) is 76.1 Å². The zero-order chi connectivity index (χ0) is 41.5. The molecule has 11 heteroatoms. The highest BCUT2D eigenvalue weighted by molar-refractivity contribution is 6.47. The minimum Gasteiger partial charge on any atom is -0.355 e. The molecule has 3 heterocycles. The van der Waals surface area contributed by atoms with Crippen LogP contribution in [0.15, 0.2) is 107 Å². The summed E-state index contributed by atoms with van der Waals surface area (Å²) in [6.45, 7) is 10.1. The van der Waals surface area contributed by atoms with Gasteiger partial charge in [0.05, 0.1) is 0 Å². The zero-order valence-electron chi connectivity index (χ0n) is 34.4. The number of nitrogens with zero attached hydrogens (tertiary/aromatic N) is 4. The molecular formula is C48H53N5O6. The molecule has 2 saturated heterocycles. The van der Waals surface area contributed by atoms with Crippen LogP contribution in [0, 0.1) is 11.8 Å². The molecule has 0 saturated carbocycles. The van der Waals surface area contributed by atoms with E-state index in [-0.39, 0.29) is 34.8 Å². The Kier molecular flexibility index (Phi) is 13.0. The maximum Gasteiger partial charge on any atom is 0.435 e. The first kappa shape index (κ1) is 41.1. The number of hydrogen-bond acceptors (Lipinski definition) is 8. The highest BCUT2D eigenvalue weighted by Crippen LogP contribution is 2.31. The van der Waals surface area contributed by atoms with Crippen LogP contribution in [-0.2, 0) is 9.68 Å². The van der Waals surface area contributed by atoms with Gasteiger partial charge in [-0.15, -0.1) is 0 Å². The third kappa shape index (κ3) is 9.96. The molecule has 0 unspecified atom stereocenters. The van der Waals surface area contributed by atoms with Crippen LogP contribution >= 0.6 is 0 Å². The van der Waals surface area contributed by atoms with Gasteiger partial charge in [0, 0.05) is 59.1 Å². The maximum absolute atomic E-state index is 14.0. The van der Waals surface area contributed by atoms with Gasteiger partial charge in [-0.2, -0.15) is 0 Å². The number of carbonyl (C=O) groups is 4. The standard InChI is InChI=1S/C48H53N5O6/c1-31(2)27-43(50-58-47(56)52-23-19-35(20-24-52)33-11-7-5-8-12-33)45(54)37-15-17-41-39(29-37)40-30-38(16-18-42(40)49-41)46(55)44(28-32(3)4)51-59-48(57)53-25-21-36(22-26-53)34-13-9-6-10-14-34/h5-18,29-32,35-36,49H,19-28H2,1-4H3/b50-43+,51-44+. The van der Waals surface area contributed by atoms with Crippen LogP contribution in [0.4, 0.5) is 9.59 Å². The van der Waals surface area contributed by atoms with E-state index in [4.69, 9.17) is 9.68 Å². The van der Waals surface area contributed by atoms with Crippen molar-refractivity contribution >= 4 is 57.0 Å². The van der Waals surface area contributed by atoms with Crippen LogP contribution in [0.25, 0.3) is 21.8 Å². The molecule has 1 N–H and O–H groups in total. The summed E-state index contributed by atoms with van der Waals surface area (Å²) in [6.07, 6.45) is 2.82. The summed E-state index contributed by atoms with van der Waals surface area (Å²) in [5.74, 6) is 0.252. The number of amides is 2. The highest BCUT2D eigenvalue weighted by atomic mass is 16.7. The van der Waals surface area contributed by atoms with Crippen LogP contribution in [0.3, 0.4) is 0 Å². The fourth-order valence-electron chi connectivity index (χ4n) is 8.17. The van der Waals surface area contributed by atoms with Gasteiger partial charge in [0.1, 0.15) is 11.4 Å². The van der Waals surface area contributed by atoms with Gasteiger partial charge in [-0.1, -0.05) is 98.7 Å². The van der Waals surface area contributed by atoms with Crippen LogP contribution in [0.2, 0.25) is 0 Å². The molecule has 306 valence electrons. The number of oxime groups is 2. The van der Waals surface area contributed by atoms with Gasteiger partial charge in [-0.05, 0) is 110 Å². The number of likely N-dealkylation sites (tertiary alicyclic amines) is 2. The average molecular weight is 796 g/mol. The van der Waals surface area contributed by atoms with Crippen molar-refractivity contribution in [2.75, 3.05) is 26.2 Å². The van der Waals surface area contributed by atoms with Crippen molar-refractivity contribution < 1.29 is 28.9 Å². The highest BCUT2D eigenvalue weighted by Gasteiger charge is 2.28. The van der Waals surface area contributed by atoms with Crippen molar-refractivity contribution in [3.8, 4) is 0 Å². The monoisotopic (exact) mass is 795 g/mol. The molecule has 2 aliphatic rings. The van der Waals surface area contributed by atoms with E-state index < -0.39 is 12.2 Å². The molecule has 1 aromatic heterocycles. The topological polar surface area (TPSA) is 134 Å². The van der Waals surface area contributed by atoms with E-state index in [0.717, 1.165) is 47.5 Å². The first-order valence-electron chi connectivity index (χ1n) is 20.8. The first-order valence-corrected chi connectivity index (χ1v) is 20.8. The Morgan fingerprint density at radius 2 is 0.949 bits per heavy atom. The molecular weight excluding hydrogens is 743 g/mol. The summed E-state index contributed by atoms with van der Waals surface area (Å²) in [5, 5.41) is 9.79. The SMILES string of the molecule is CC(C)C/C(=N\OC(=O)N1CCC(c2ccccc2)CC1)C(=O)c1ccc2[nH]c3ccc(C(=O)/C(CC(C)C)=N/OC(=O)N4CCC(c5ccccc5)CC4)cc3c2c1. The van der Waals surface area contributed by atoms with Gasteiger partial charge in [0.15, 0.2) is 0 Å². The maximum atomic E-state index is 14.0. The third-order valence-electron chi connectivity index (χ3n) is 11.4. The lowest BCUT2D eigenvalue weighted by Crippen LogP contribution is -2.37. The Morgan fingerprint density at radius 1 is 0.576 bits per heavy atom. The van der Waals surface area contributed by atoms with Gasteiger partial charge in [0.2, 0.25) is 11.6 Å². The Balaban J connectivity index is 1.05. The number of aromatic nitrogens is 1. The smallest absolute Gasteiger partial charge is 0.355 e. The minimum atomic E-state index is -0.562. The van der Waals surface area contributed by atoms with Crippen molar-refractivity contribution in [1.82, 2.24) is 14.8 Å². The lowest BCUT2D eigenvalue weighted by atomic mass is 9.90. The number of nitrogens with one attached hydrogen (secondary N) is 1. The molecule has 0 bridgehead atoms. The molecule has 0 radical (unpaired) electrons. The van der Waals surface area contributed by atoms with Crippen molar-refractivity contribution in [3.05, 3.63) is 119 Å². The number of aromatic amines is 1. The Bertz CT molecular complexity index is 2190. The van der Waals surface area contributed by atoms with E-state index in [1.165, 1.54) is 11.1 Å². The second kappa shape index (κ2) is 18.7. The summed E-state index contributed by atoms with van der Waals surface area (Å²) in [6, 6.07) is 31.3. The average Bonchev–Trinajstić information content (AvgIpc) is 3.63. The van der Waals surface area contributed by atoms with E-state index in [9.17, 15) is 19.2 Å². The lowest BCUT2D eigenvalue weighted by molar-refractivity contribution is 0.0922. The second-order valence-electron chi connectivity index (χ2n) is 16.6. The summed E-state index contributed by atoms with van der Waals surface area (Å²) in [5.41, 5.74) is 5.20. The quantitative estimate of drug-likeness (QED) is 0.0578. The number of benzene rings is 4. The predicted molar refractivity (Wildman–Crippen MR) is 231 cm³/mol. The van der Waals surface area contributed by atoms with Gasteiger partial charge in [-0.3, -0.25) is 19.3 Å². The van der Waals surface area contributed by atoms with Crippen LogP contribution in [0.1, 0.15) is 110 Å². The third-order valence-corrected chi connectivity index (χ3v) is 11.4. The summed E-state index contributed by atoms with van der Waals surface area (Å²) in [4.78, 5) is 71.7. The normalized spacial score (nSPS) is 16.0. The molecule has 59 heavy (non-hydrogen) atoms. The van der Waals surface area contributed by atoms with Crippen molar-refractivity contribution in [2.24, 2.45) is 22.1 Å². The molecule has 5 aromatic rings. The Morgan fingerprint density at radius 3 is 1.31 bits per heavy atom. The number of H-pyrrole nitrogens is 1. The number of Topliss-reactive ketones (excluding diaryl/α,β-unsaturated/α-hetero) is 2. The van der Waals surface area contributed by atoms with Gasteiger partial charge in [-0.25, -0.2) is 9.59 Å². The van der Waals surface area contributed by atoms with Crippen LogP contribution < -0.4 is 0 Å². The van der Waals surface area contributed by atoms with E-state index in [1.807, 2.05) is 76.2 Å². The molecule has 2 fully saturated rings. The number of fused-ring (bicyclic) bond motifs is 3. The van der Waals surface area contributed by atoms with E-state index >= 15 is 0 Å². The number of rotatable bonds is 12. The van der Waals surface area contributed by atoms with Crippen LogP contribution in [0.5, 0.6) is 0 Å².